The molecule has 0 saturated heterocycles. The van der Waals surface area contributed by atoms with Crippen LogP contribution in [-0.4, -0.2) is 38.5 Å². The first-order valence-electron chi connectivity index (χ1n) is 8.12. The lowest BCUT2D eigenvalue weighted by molar-refractivity contribution is -0.269. The molecule has 0 heterocycles. The molecule has 0 aromatic carbocycles. The lowest BCUT2D eigenvalue weighted by Gasteiger charge is -2.33. The molecular formula is C16H34O4. The molecule has 0 saturated carbocycles. The summed E-state index contributed by atoms with van der Waals surface area (Å²) in [6.45, 7) is 13.1. The molecule has 4 nitrogen and oxygen atoms in total. The Kier molecular flexibility index (Phi) is 12.5. The van der Waals surface area contributed by atoms with E-state index in [-0.39, 0.29) is 6.29 Å². The number of ether oxygens (including phenoxy) is 4. The predicted octanol–water partition coefficient (Wildman–Crippen LogP) is 4.13. The van der Waals surface area contributed by atoms with Crippen LogP contribution in [0.25, 0.3) is 0 Å². The highest BCUT2D eigenvalue weighted by atomic mass is 16.7. The smallest absolute Gasteiger partial charge is 0.170 e. The van der Waals surface area contributed by atoms with E-state index >= 15 is 0 Å². The molecule has 122 valence electrons. The summed E-state index contributed by atoms with van der Waals surface area (Å²) in [4.78, 5) is 0. The molecule has 0 rings (SSSR count). The van der Waals surface area contributed by atoms with Crippen LogP contribution in [0.15, 0.2) is 0 Å². The van der Waals surface area contributed by atoms with Gasteiger partial charge in [0.15, 0.2) is 12.1 Å². The van der Waals surface area contributed by atoms with Crippen LogP contribution in [0.4, 0.5) is 0 Å². The van der Waals surface area contributed by atoms with Gasteiger partial charge in [0.1, 0.15) is 0 Å². The third-order valence-electron chi connectivity index (χ3n) is 2.78. The van der Waals surface area contributed by atoms with Crippen molar-refractivity contribution in [3.8, 4) is 0 Å². The highest BCUT2D eigenvalue weighted by Crippen LogP contribution is 2.23. The topological polar surface area (TPSA) is 36.9 Å². The molecule has 0 bridgehead atoms. The van der Waals surface area contributed by atoms with Gasteiger partial charge in [-0.2, -0.15) is 0 Å². The van der Waals surface area contributed by atoms with Gasteiger partial charge in [-0.05, 0) is 32.6 Å². The Morgan fingerprint density at radius 3 is 1.45 bits per heavy atom. The molecule has 0 amide bonds. The maximum atomic E-state index is 5.89. The Morgan fingerprint density at radius 1 is 0.700 bits per heavy atom. The zero-order chi connectivity index (χ0) is 15.3. The minimum atomic E-state index is -0.627. The van der Waals surface area contributed by atoms with Crippen molar-refractivity contribution in [2.75, 3.05) is 26.4 Å². The van der Waals surface area contributed by atoms with E-state index < -0.39 is 5.79 Å². The van der Waals surface area contributed by atoms with E-state index in [1.54, 1.807) is 0 Å². The van der Waals surface area contributed by atoms with Gasteiger partial charge in [0.2, 0.25) is 0 Å². The lowest BCUT2D eigenvalue weighted by Crippen LogP contribution is -2.39. The lowest BCUT2D eigenvalue weighted by atomic mass is 10.2. The third-order valence-corrected chi connectivity index (χ3v) is 2.78. The summed E-state index contributed by atoms with van der Waals surface area (Å²) in [7, 11) is 0. The summed E-state index contributed by atoms with van der Waals surface area (Å²) in [6, 6.07) is 0. The van der Waals surface area contributed by atoms with Crippen LogP contribution in [-0.2, 0) is 18.9 Å². The van der Waals surface area contributed by atoms with Crippen LogP contribution in [0.5, 0.6) is 0 Å². The largest absolute Gasteiger partial charge is 0.352 e. The van der Waals surface area contributed by atoms with Gasteiger partial charge >= 0.3 is 0 Å². The van der Waals surface area contributed by atoms with E-state index in [9.17, 15) is 0 Å². The fourth-order valence-corrected chi connectivity index (χ4v) is 1.76. The summed E-state index contributed by atoms with van der Waals surface area (Å²) in [6.07, 6.45) is 4.26. The molecule has 0 unspecified atom stereocenters. The second kappa shape index (κ2) is 12.6. The van der Waals surface area contributed by atoms with Gasteiger partial charge in [-0.25, -0.2) is 0 Å². The first kappa shape index (κ1) is 19.8. The summed E-state index contributed by atoms with van der Waals surface area (Å²) >= 11 is 0. The van der Waals surface area contributed by atoms with Gasteiger partial charge in [-0.1, -0.05) is 27.7 Å². The van der Waals surface area contributed by atoms with Crippen LogP contribution in [0.1, 0.15) is 66.7 Å². The first-order chi connectivity index (χ1) is 9.61. The number of rotatable bonds is 14. The Hall–Kier alpha value is -0.160. The van der Waals surface area contributed by atoms with Crippen LogP contribution in [0.3, 0.4) is 0 Å². The molecule has 4 heteroatoms. The Labute approximate surface area is 125 Å². The van der Waals surface area contributed by atoms with Crippen molar-refractivity contribution in [1.82, 2.24) is 0 Å². The van der Waals surface area contributed by atoms with E-state index in [1.807, 2.05) is 6.92 Å². The molecular weight excluding hydrogens is 256 g/mol. The molecule has 0 radical (unpaired) electrons. The molecule has 0 N–H and O–H groups in total. The average Bonchev–Trinajstić information content (AvgIpc) is 2.46. The van der Waals surface area contributed by atoms with Crippen molar-refractivity contribution < 1.29 is 18.9 Å². The normalized spacial score (nSPS) is 12.3. The average molecular weight is 290 g/mol. The fourth-order valence-electron chi connectivity index (χ4n) is 1.76. The van der Waals surface area contributed by atoms with Gasteiger partial charge in [0.05, 0.1) is 6.42 Å². The molecule has 0 fully saturated rings. The van der Waals surface area contributed by atoms with Crippen molar-refractivity contribution in [2.45, 2.75) is 78.8 Å². The summed E-state index contributed by atoms with van der Waals surface area (Å²) in [5, 5.41) is 0. The van der Waals surface area contributed by atoms with Crippen LogP contribution >= 0.6 is 0 Å². The minimum absolute atomic E-state index is 0.256. The van der Waals surface area contributed by atoms with E-state index in [4.69, 9.17) is 18.9 Å². The first-order valence-corrected chi connectivity index (χ1v) is 8.12. The van der Waals surface area contributed by atoms with Crippen molar-refractivity contribution in [1.29, 1.82) is 0 Å². The molecule has 0 aliphatic heterocycles. The highest BCUT2D eigenvalue weighted by Gasteiger charge is 2.30. The summed E-state index contributed by atoms with van der Waals surface area (Å²) in [5.74, 6) is -0.627. The van der Waals surface area contributed by atoms with Crippen molar-refractivity contribution in [3.63, 3.8) is 0 Å². The second-order valence-corrected chi connectivity index (χ2v) is 5.21. The SMILES string of the molecule is CCCOC(CC(C)(OCCC)OCCC)OCCC. The quantitative estimate of drug-likeness (QED) is 0.451. The zero-order valence-electron chi connectivity index (χ0n) is 14.1. The standard InChI is InChI=1S/C16H34O4/c1-6-10-17-15(18-11-7-2)14-16(5,19-12-8-3)20-13-9-4/h15H,6-14H2,1-5H3. The minimum Gasteiger partial charge on any atom is -0.352 e. The molecule has 0 aromatic heterocycles. The van der Waals surface area contributed by atoms with Crippen LogP contribution in [0, 0.1) is 0 Å². The molecule has 0 atom stereocenters. The maximum Gasteiger partial charge on any atom is 0.170 e. The predicted molar refractivity (Wildman–Crippen MR) is 81.8 cm³/mol. The Bertz CT molecular complexity index is 193. The van der Waals surface area contributed by atoms with Crippen LogP contribution in [0.2, 0.25) is 0 Å². The molecule has 0 spiro atoms. The zero-order valence-corrected chi connectivity index (χ0v) is 14.1. The fraction of sp³-hybridized carbons (Fsp3) is 1.00. The number of hydrogen-bond donors (Lipinski definition) is 0. The van der Waals surface area contributed by atoms with E-state index in [0.29, 0.717) is 32.8 Å². The monoisotopic (exact) mass is 290 g/mol. The summed E-state index contributed by atoms with van der Waals surface area (Å²) < 4.78 is 23.3. The van der Waals surface area contributed by atoms with E-state index in [0.717, 1.165) is 25.7 Å². The second-order valence-electron chi connectivity index (χ2n) is 5.21. The molecule has 0 aliphatic carbocycles. The third kappa shape index (κ3) is 9.70. The molecule has 0 aromatic rings. The van der Waals surface area contributed by atoms with Gasteiger partial charge in [0, 0.05) is 26.4 Å². The van der Waals surface area contributed by atoms with Crippen LogP contribution < -0.4 is 0 Å². The maximum absolute atomic E-state index is 5.89. The van der Waals surface area contributed by atoms with Crippen molar-refractivity contribution in [2.24, 2.45) is 0 Å². The number of hydrogen-bond acceptors (Lipinski definition) is 4. The molecule has 20 heavy (non-hydrogen) atoms. The van der Waals surface area contributed by atoms with Crippen molar-refractivity contribution in [3.05, 3.63) is 0 Å². The highest BCUT2D eigenvalue weighted by molar-refractivity contribution is 4.67. The van der Waals surface area contributed by atoms with Gasteiger partial charge < -0.3 is 18.9 Å². The van der Waals surface area contributed by atoms with Gasteiger partial charge in [-0.3, -0.25) is 0 Å². The van der Waals surface area contributed by atoms with E-state index in [2.05, 4.69) is 27.7 Å². The Balaban J connectivity index is 4.48. The summed E-state index contributed by atoms with van der Waals surface area (Å²) in [5.41, 5.74) is 0. The van der Waals surface area contributed by atoms with Crippen molar-refractivity contribution >= 4 is 0 Å². The Morgan fingerprint density at radius 2 is 1.10 bits per heavy atom. The van der Waals surface area contributed by atoms with E-state index in [1.165, 1.54) is 0 Å². The van der Waals surface area contributed by atoms with Gasteiger partial charge in [-0.15, -0.1) is 0 Å². The van der Waals surface area contributed by atoms with Gasteiger partial charge in [0.25, 0.3) is 0 Å². The molecule has 0 aliphatic rings.